The summed E-state index contributed by atoms with van der Waals surface area (Å²) in [7, 11) is 0. The van der Waals surface area contributed by atoms with Crippen LogP contribution in [-0.2, 0) is 0 Å². The number of nitrogens with zero attached hydrogens (tertiary/aromatic N) is 1. The van der Waals surface area contributed by atoms with Gasteiger partial charge in [0.05, 0.1) is 11.0 Å². The Balaban J connectivity index is 1.23. The summed E-state index contributed by atoms with van der Waals surface area (Å²) in [5, 5.41) is 12.4. The van der Waals surface area contributed by atoms with Gasteiger partial charge in [0, 0.05) is 27.6 Å². The fourth-order valence-corrected chi connectivity index (χ4v) is 10.1. The Morgan fingerprint density at radius 1 is 0.418 bits per heavy atom. The topological polar surface area (TPSA) is 14.2 Å². The lowest BCUT2D eigenvalue weighted by Gasteiger charge is -2.34. The Hall–Kier alpha value is -7.10. The molecule has 13 rings (SSSR count). The van der Waals surface area contributed by atoms with Crippen molar-refractivity contribution in [3.63, 3.8) is 0 Å². The number of fused-ring (bicyclic) bond motifs is 12. The first-order chi connectivity index (χ1) is 27.3. The average Bonchev–Trinajstić information content (AvgIpc) is 3.57. The Morgan fingerprint density at radius 3 is 1.62 bits per heavy atom. The normalized spacial score (nSPS) is 12.8. The van der Waals surface area contributed by atoms with Gasteiger partial charge in [-0.15, -0.1) is 0 Å². The molecule has 0 N–H and O–H groups in total. The summed E-state index contributed by atoms with van der Waals surface area (Å²) in [4.78, 5) is 0. The molecule has 11 aromatic rings. The van der Waals surface area contributed by atoms with Crippen LogP contribution in [0.4, 0.5) is 0 Å². The van der Waals surface area contributed by atoms with Crippen molar-refractivity contribution < 1.29 is 4.74 Å². The zero-order valence-corrected chi connectivity index (χ0v) is 29.8. The molecule has 0 unspecified atom stereocenters. The molecule has 2 nitrogen and oxygen atoms in total. The van der Waals surface area contributed by atoms with Crippen LogP contribution in [0.1, 0.15) is 0 Å². The Bertz CT molecular complexity index is 3380. The van der Waals surface area contributed by atoms with Gasteiger partial charge in [0.2, 0.25) is 0 Å². The molecule has 0 aliphatic carbocycles. The Labute approximate surface area is 317 Å². The highest BCUT2D eigenvalue weighted by atomic mass is 16.5. The van der Waals surface area contributed by atoms with E-state index in [9.17, 15) is 0 Å². The van der Waals surface area contributed by atoms with E-state index in [0.29, 0.717) is 0 Å². The summed E-state index contributed by atoms with van der Waals surface area (Å²) in [5.41, 5.74) is 12.3. The number of ether oxygens (including phenoxy) is 1. The molecule has 0 saturated heterocycles. The van der Waals surface area contributed by atoms with Crippen molar-refractivity contribution in [2.45, 2.75) is 0 Å². The molecule has 10 aromatic carbocycles. The predicted octanol–water partition coefficient (Wildman–Crippen LogP) is 11.7. The zero-order chi connectivity index (χ0) is 35.8. The molecular formula is C52H30BNO. The quantitative estimate of drug-likeness (QED) is 0.130. The maximum atomic E-state index is 7.22. The minimum atomic E-state index is 0.0260. The van der Waals surface area contributed by atoms with E-state index in [4.69, 9.17) is 4.74 Å². The molecule has 252 valence electrons. The number of aromatic nitrogens is 1. The van der Waals surface area contributed by atoms with Gasteiger partial charge in [-0.25, -0.2) is 0 Å². The maximum absolute atomic E-state index is 7.22. The molecule has 0 amide bonds. The summed E-state index contributed by atoms with van der Waals surface area (Å²) in [5.74, 6) is 1.88. The van der Waals surface area contributed by atoms with E-state index in [1.165, 1.54) is 104 Å². The molecule has 55 heavy (non-hydrogen) atoms. The molecule has 0 saturated carbocycles. The Kier molecular flexibility index (Phi) is 5.74. The lowest BCUT2D eigenvalue weighted by atomic mass is 9.34. The van der Waals surface area contributed by atoms with E-state index >= 15 is 0 Å². The number of hydrogen-bond acceptors (Lipinski definition) is 1. The van der Waals surface area contributed by atoms with Crippen LogP contribution in [0.25, 0.3) is 92.8 Å². The van der Waals surface area contributed by atoms with Crippen molar-refractivity contribution in [3.8, 4) is 39.4 Å². The highest BCUT2D eigenvalue weighted by Crippen LogP contribution is 2.48. The van der Waals surface area contributed by atoms with Gasteiger partial charge < -0.3 is 9.30 Å². The molecule has 2 aliphatic rings. The molecule has 0 radical (unpaired) electrons. The number of benzene rings is 10. The third kappa shape index (κ3) is 3.89. The second-order valence-electron chi connectivity index (χ2n) is 15.1. The highest BCUT2D eigenvalue weighted by Gasteiger charge is 2.42. The van der Waals surface area contributed by atoms with Gasteiger partial charge in [-0.3, -0.25) is 0 Å². The monoisotopic (exact) mass is 695 g/mol. The van der Waals surface area contributed by atoms with Crippen LogP contribution < -0.4 is 21.1 Å². The van der Waals surface area contributed by atoms with Crippen molar-refractivity contribution in [2.75, 3.05) is 0 Å². The molecule has 0 fully saturated rings. The molecule has 0 bridgehead atoms. The smallest absolute Gasteiger partial charge is 0.256 e. The van der Waals surface area contributed by atoms with Crippen molar-refractivity contribution in [3.05, 3.63) is 182 Å². The second-order valence-corrected chi connectivity index (χ2v) is 15.1. The SMILES string of the molecule is c1ccc2c(c1)Oc1c(-c3c4ccccc4cc4ccccc34)cc3c4cc(-c5c6ccccc6cc6ccccc56)ccc4n4c3c1B2c1ccccc1-4. The van der Waals surface area contributed by atoms with Gasteiger partial charge in [0.25, 0.3) is 6.71 Å². The summed E-state index contributed by atoms with van der Waals surface area (Å²) < 4.78 is 9.73. The fourth-order valence-electron chi connectivity index (χ4n) is 10.1. The van der Waals surface area contributed by atoms with Crippen LogP contribution in [0.5, 0.6) is 11.5 Å². The molecular weight excluding hydrogens is 665 g/mol. The summed E-state index contributed by atoms with van der Waals surface area (Å²) in [6.45, 7) is 0.0260. The maximum Gasteiger partial charge on any atom is 0.256 e. The summed E-state index contributed by atoms with van der Waals surface area (Å²) in [6.07, 6.45) is 0. The van der Waals surface area contributed by atoms with E-state index in [0.717, 1.165) is 17.1 Å². The van der Waals surface area contributed by atoms with Crippen molar-refractivity contribution in [2.24, 2.45) is 0 Å². The van der Waals surface area contributed by atoms with Crippen LogP contribution >= 0.6 is 0 Å². The van der Waals surface area contributed by atoms with Gasteiger partial charge in [-0.2, -0.15) is 0 Å². The van der Waals surface area contributed by atoms with Crippen LogP contribution in [0.2, 0.25) is 0 Å². The van der Waals surface area contributed by atoms with E-state index in [2.05, 4.69) is 187 Å². The first-order valence-corrected chi connectivity index (χ1v) is 19.1. The largest absolute Gasteiger partial charge is 0.458 e. The van der Waals surface area contributed by atoms with Crippen LogP contribution in [-0.4, -0.2) is 11.3 Å². The molecule has 3 heteroatoms. The van der Waals surface area contributed by atoms with E-state index < -0.39 is 0 Å². The van der Waals surface area contributed by atoms with Gasteiger partial charge in [0.15, 0.2) is 0 Å². The van der Waals surface area contributed by atoms with Crippen LogP contribution in [0, 0.1) is 0 Å². The van der Waals surface area contributed by atoms with E-state index in [1.54, 1.807) is 0 Å². The molecule has 3 heterocycles. The van der Waals surface area contributed by atoms with E-state index in [-0.39, 0.29) is 6.71 Å². The molecule has 2 aliphatic heterocycles. The first kappa shape index (κ1) is 29.4. The Morgan fingerprint density at radius 2 is 0.964 bits per heavy atom. The molecule has 0 atom stereocenters. The summed E-state index contributed by atoms with van der Waals surface area (Å²) >= 11 is 0. The first-order valence-electron chi connectivity index (χ1n) is 19.1. The lowest BCUT2D eigenvalue weighted by Crippen LogP contribution is -2.58. The predicted molar refractivity (Wildman–Crippen MR) is 233 cm³/mol. The highest BCUT2D eigenvalue weighted by molar-refractivity contribution is 6.99. The average molecular weight is 696 g/mol. The number of rotatable bonds is 2. The second kappa shape index (κ2) is 10.7. The fraction of sp³-hybridized carbons (Fsp3) is 0. The standard InChI is InChI=1S/C52H30BNO/c1-5-17-36-31(13-1)27-32-14-2-6-18-37(32)48(36)35-25-26-45-40(29-35)41-30-42(49-38-19-7-3-15-33(38)28-34-16-4-8-20-39(34)49)52-50-51(41)54(45)46-23-11-9-21-43(46)53(50)44-22-10-12-24-47(44)55-52/h1-30H. The van der Waals surface area contributed by atoms with Gasteiger partial charge in [0.1, 0.15) is 11.5 Å². The molecule has 1 aromatic heterocycles. The van der Waals surface area contributed by atoms with Crippen LogP contribution in [0.3, 0.4) is 0 Å². The van der Waals surface area contributed by atoms with Gasteiger partial charge in [-0.05, 0) is 113 Å². The number of hydrogen-bond donors (Lipinski definition) is 0. The van der Waals surface area contributed by atoms with Gasteiger partial charge >= 0.3 is 0 Å². The van der Waals surface area contributed by atoms with Crippen molar-refractivity contribution in [1.29, 1.82) is 0 Å². The van der Waals surface area contributed by atoms with Crippen molar-refractivity contribution in [1.82, 2.24) is 4.57 Å². The summed E-state index contributed by atoms with van der Waals surface area (Å²) in [6, 6.07) is 67.1. The van der Waals surface area contributed by atoms with Gasteiger partial charge in [-0.1, -0.05) is 140 Å². The van der Waals surface area contributed by atoms with Crippen molar-refractivity contribution >= 4 is 88.0 Å². The van der Waals surface area contributed by atoms with Crippen LogP contribution in [0.15, 0.2) is 182 Å². The number of para-hydroxylation sites is 2. The minimum absolute atomic E-state index is 0.0260. The lowest BCUT2D eigenvalue weighted by molar-refractivity contribution is 0.490. The minimum Gasteiger partial charge on any atom is -0.458 e. The third-order valence-corrected chi connectivity index (χ3v) is 12.4. The zero-order valence-electron chi connectivity index (χ0n) is 29.8. The van der Waals surface area contributed by atoms with E-state index in [1.807, 2.05) is 0 Å². The third-order valence-electron chi connectivity index (χ3n) is 12.4. The molecule has 0 spiro atoms.